The van der Waals surface area contributed by atoms with Crippen LogP contribution < -0.4 is 10.6 Å². The number of nitrogens with zero attached hydrogens (tertiary/aromatic N) is 4. The van der Waals surface area contributed by atoms with E-state index in [0.29, 0.717) is 25.4 Å². The van der Waals surface area contributed by atoms with Crippen molar-refractivity contribution in [2.24, 2.45) is 4.99 Å². The molecule has 0 aliphatic heterocycles. The van der Waals surface area contributed by atoms with Crippen LogP contribution in [-0.2, 0) is 13.0 Å². The van der Waals surface area contributed by atoms with Crippen LogP contribution >= 0.6 is 0 Å². The first-order valence-corrected chi connectivity index (χ1v) is 8.77. The van der Waals surface area contributed by atoms with Crippen LogP contribution in [-0.4, -0.2) is 34.7 Å². The lowest BCUT2D eigenvalue weighted by Gasteiger charge is -2.12. The van der Waals surface area contributed by atoms with Gasteiger partial charge in [0.15, 0.2) is 11.8 Å². The molecule has 2 N–H and O–H groups in total. The molecular weight excluding hydrogens is 328 g/mol. The van der Waals surface area contributed by atoms with E-state index in [1.165, 1.54) is 5.56 Å². The van der Waals surface area contributed by atoms with Crippen molar-refractivity contribution in [2.45, 2.75) is 32.7 Å². The van der Waals surface area contributed by atoms with Crippen molar-refractivity contribution in [2.75, 3.05) is 13.6 Å². The molecule has 7 nitrogen and oxygen atoms in total. The topological polar surface area (TPSA) is 88.2 Å². The number of aromatic nitrogens is 3. The van der Waals surface area contributed by atoms with Gasteiger partial charge in [0.2, 0.25) is 5.89 Å². The Bertz CT molecular complexity index is 881. The van der Waals surface area contributed by atoms with E-state index in [0.717, 1.165) is 22.7 Å². The standard InChI is InChI=1S/C19H24N6O/c1-13(2)18-24-17(26-25-18)9-11-22-19(20-3)23-12-14-8-10-21-16-7-5-4-6-15(14)16/h4-8,10,13H,9,11-12H2,1-3H3,(H2,20,22,23). The fourth-order valence-corrected chi connectivity index (χ4v) is 2.60. The maximum Gasteiger partial charge on any atom is 0.228 e. The number of hydrogen-bond donors (Lipinski definition) is 2. The first-order chi connectivity index (χ1) is 12.7. The summed E-state index contributed by atoms with van der Waals surface area (Å²) in [6, 6.07) is 10.1. The molecule has 3 aromatic rings. The number of aliphatic imine (C=N–C) groups is 1. The molecule has 0 bridgehead atoms. The number of pyridine rings is 1. The third kappa shape index (κ3) is 4.36. The van der Waals surface area contributed by atoms with Crippen molar-refractivity contribution in [1.29, 1.82) is 0 Å². The Morgan fingerprint density at radius 2 is 2.04 bits per heavy atom. The van der Waals surface area contributed by atoms with Crippen molar-refractivity contribution >= 4 is 16.9 Å². The van der Waals surface area contributed by atoms with E-state index in [-0.39, 0.29) is 5.92 Å². The van der Waals surface area contributed by atoms with Gasteiger partial charge in [-0.1, -0.05) is 37.2 Å². The highest BCUT2D eigenvalue weighted by Gasteiger charge is 2.09. The molecule has 0 atom stereocenters. The van der Waals surface area contributed by atoms with Crippen molar-refractivity contribution in [3.05, 3.63) is 53.8 Å². The molecule has 3 rings (SSSR count). The zero-order valence-electron chi connectivity index (χ0n) is 15.4. The molecule has 0 saturated carbocycles. The van der Waals surface area contributed by atoms with Crippen molar-refractivity contribution in [3.63, 3.8) is 0 Å². The summed E-state index contributed by atoms with van der Waals surface area (Å²) in [6.07, 6.45) is 2.48. The molecule has 0 aliphatic rings. The number of para-hydroxylation sites is 1. The monoisotopic (exact) mass is 352 g/mol. The Kier molecular flexibility index (Phi) is 5.78. The van der Waals surface area contributed by atoms with Crippen LogP contribution in [0, 0.1) is 0 Å². The van der Waals surface area contributed by atoms with Gasteiger partial charge in [0.05, 0.1) is 5.52 Å². The van der Waals surface area contributed by atoms with Crippen LogP contribution in [0.5, 0.6) is 0 Å². The molecule has 7 heteroatoms. The van der Waals surface area contributed by atoms with E-state index in [4.69, 9.17) is 4.52 Å². The van der Waals surface area contributed by atoms with E-state index in [9.17, 15) is 0 Å². The smallest absolute Gasteiger partial charge is 0.228 e. The second-order valence-electron chi connectivity index (χ2n) is 6.29. The summed E-state index contributed by atoms with van der Waals surface area (Å²) in [7, 11) is 1.75. The summed E-state index contributed by atoms with van der Waals surface area (Å²) in [5, 5.41) is 11.7. The molecule has 26 heavy (non-hydrogen) atoms. The highest BCUT2D eigenvalue weighted by atomic mass is 16.5. The van der Waals surface area contributed by atoms with Gasteiger partial charge in [-0.05, 0) is 17.7 Å². The van der Waals surface area contributed by atoms with Crippen molar-refractivity contribution in [3.8, 4) is 0 Å². The van der Waals surface area contributed by atoms with E-state index in [2.05, 4.69) is 36.8 Å². The molecule has 0 amide bonds. The van der Waals surface area contributed by atoms with Crippen LogP contribution in [0.2, 0.25) is 0 Å². The van der Waals surface area contributed by atoms with Gasteiger partial charge in [0, 0.05) is 44.1 Å². The maximum absolute atomic E-state index is 5.25. The van der Waals surface area contributed by atoms with Gasteiger partial charge in [0.1, 0.15) is 0 Å². The molecule has 0 radical (unpaired) electrons. The van der Waals surface area contributed by atoms with Crippen molar-refractivity contribution in [1.82, 2.24) is 25.8 Å². The summed E-state index contributed by atoms with van der Waals surface area (Å²) in [6.45, 7) is 5.42. The molecule has 1 aromatic carbocycles. The van der Waals surface area contributed by atoms with Crippen LogP contribution in [0.1, 0.15) is 37.0 Å². The second-order valence-corrected chi connectivity index (χ2v) is 6.29. The second kappa shape index (κ2) is 8.42. The molecule has 0 aliphatic carbocycles. The predicted octanol–water partition coefficient (Wildman–Crippen LogP) is 2.65. The summed E-state index contributed by atoms with van der Waals surface area (Å²) in [4.78, 5) is 13.0. The van der Waals surface area contributed by atoms with E-state index in [1.807, 2.05) is 44.3 Å². The molecular formula is C19H24N6O. The number of hydrogen-bond acceptors (Lipinski definition) is 5. The SMILES string of the molecule is CN=C(NCCc1nc(C(C)C)no1)NCc1ccnc2ccccc12. The molecule has 0 saturated heterocycles. The maximum atomic E-state index is 5.25. The first-order valence-electron chi connectivity index (χ1n) is 8.77. The Hall–Kier alpha value is -2.96. The summed E-state index contributed by atoms with van der Waals surface area (Å²) < 4.78 is 5.25. The van der Waals surface area contributed by atoms with Gasteiger partial charge in [0.25, 0.3) is 0 Å². The fraction of sp³-hybridized carbons (Fsp3) is 0.368. The minimum Gasteiger partial charge on any atom is -0.356 e. The van der Waals surface area contributed by atoms with Crippen LogP contribution in [0.4, 0.5) is 0 Å². The lowest BCUT2D eigenvalue weighted by molar-refractivity contribution is 0.371. The van der Waals surface area contributed by atoms with Gasteiger partial charge < -0.3 is 15.2 Å². The minimum atomic E-state index is 0.269. The first kappa shape index (κ1) is 17.8. The molecule has 0 unspecified atom stereocenters. The fourth-order valence-electron chi connectivity index (χ4n) is 2.60. The third-order valence-corrected chi connectivity index (χ3v) is 4.04. The number of benzene rings is 1. The summed E-state index contributed by atoms with van der Waals surface area (Å²) in [5.41, 5.74) is 2.17. The van der Waals surface area contributed by atoms with Gasteiger partial charge in [-0.2, -0.15) is 4.98 Å². The number of fused-ring (bicyclic) bond motifs is 1. The largest absolute Gasteiger partial charge is 0.356 e. The Morgan fingerprint density at radius 1 is 1.19 bits per heavy atom. The quantitative estimate of drug-likeness (QED) is 0.524. The molecule has 0 spiro atoms. The van der Waals surface area contributed by atoms with Crippen LogP contribution in [0.3, 0.4) is 0 Å². The predicted molar refractivity (Wildman–Crippen MR) is 102 cm³/mol. The molecule has 136 valence electrons. The van der Waals surface area contributed by atoms with Gasteiger partial charge in [-0.3, -0.25) is 9.98 Å². The normalized spacial score (nSPS) is 11.9. The average molecular weight is 352 g/mol. The summed E-state index contributed by atoms with van der Waals surface area (Å²) in [5.74, 6) is 2.38. The summed E-state index contributed by atoms with van der Waals surface area (Å²) >= 11 is 0. The minimum absolute atomic E-state index is 0.269. The van der Waals surface area contributed by atoms with Crippen LogP contribution in [0.15, 0.2) is 46.0 Å². The van der Waals surface area contributed by atoms with Crippen molar-refractivity contribution < 1.29 is 4.52 Å². The number of nitrogens with one attached hydrogen (secondary N) is 2. The van der Waals surface area contributed by atoms with Gasteiger partial charge in [-0.15, -0.1) is 0 Å². The number of rotatable bonds is 6. The Morgan fingerprint density at radius 3 is 2.81 bits per heavy atom. The Balaban J connectivity index is 1.53. The van der Waals surface area contributed by atoms with E-state index in [1.54, 1.807) is 7.05 Å². The lowest BCUT2D eigenvalue weighted by atomic mass is 10.1. The van der Waals surface area contributed by atoms with E-state index < -0.39 is 0 Å². The highest BCUT2D eigenvalue weighted by Crippen LogP contribution is 2.15. The average Bonchev–Trinajstić information content (AvgIpc) is 3.14. The molecule has 0 fully saturated rings. The lowest BCUT2D eigenvalue weighted by Crippen LogP contribution is -2.37. The molecule has 2 aromatic heterocycles. The molecule has 2 heterocycles. The van der Waals surface area contributed by atoms with Gasteiger partial charge in [-0.25, -0.2) is 0 Å². The van der Waals surface area contributed by atoms with Gasteiger partial charge >= 0.3 is 0 Å². The van der Waals surface area contributed by atoms with E-state index >= 15 is 0 Å². The number of guanidine groups is 1. The van der Waals surface area contributed by atoms with Crippen LogP contribution in [0.25, 0.3) is 10.9 Å². The zero-order valence-corrected chi connectivity index (χ0v) is 15.4. The zero-order chi connectivity index (χ0) is 18.4. The highest BCUT2D eigenvalue weighted by molar-refractivity contribution is 5.83. The third-order valence-electron chi connectivity index (χ3n) is 4.04. The Labute approximate surface area is 152 Å².